The highest BCUT2D eigenvalue weighted by molar-refractivity contribution is 6.04. The highest BCUT2D eigenvalue weighted by Gasteiger charge is 2.40. The maximum absolute atomic E-state index is 13.5. The zero-order valence-corrected chi connectivity index (χ0v) is 19.1. The summed E-state index contributed by atoms with van der Waals surface area (Å²) >= 11 is 0. The van der Waals surface area contributed by atoms with Gasteiger partial charge in [-0.25, -0.2) is 14.8 Å². The summed E-state index contributed by atoms with van der Waals surface area (Å²) in [4.78, 5) is 31.0. The van der Waals surface area contributed by atoms with E-state index in [-0.39, 0.29) is 18.7 Å². The fourth-order valence-corrected chi connectivity index (χ4v) is 4.63. The number of carbonyl (C=O) groups is 1. The minimum Gasteiger partial charge on any atom is -0.394 e. The molecule has 1 fully saturated rings. The van der Waals surface area contributed by atoms with Crippen LogP contribution in [0.1, 0.15) is 24.1 Å². The number of anilines is 3. The van der Waals surface area contributed by atoms with Gasteiger partial charge in [0.15, 0.2) is 5.82 Å². The monoisotopic (exact) mass is 460 g/mol. The number of aliphatic hydroxyl groups excluding tert-OH is 2. The Hall–Kier alpha value is -3.56. The SMILES string of the molecule is Cc1cc(-c2ccc3c(n2)N(C(=O)Nc2cc(CCC(O)CO)ccn2)[C@H]2CCN3C2)ccn1. The van der Waals surface area contributed by atoms with Crippen molar-refractivity contribution in [1.82, 2.24) is 15.0 Å². The molecule has 3 N–H and O–H groups in total. The lowest BCUT2D eigenvalue weighted by atomic mass is 10.1. The highest BCUT2D eigenvalue weighted by atomic mass is 16.3. The van der Waals surface area contributed by atoms with Gasteiger partial charge in [-0.15, -0.1) is 0 Å². The molecule has 34 heavy (non-hydrogen) atoms. The summed E-state index contributed by atoms with van der Waals surface area (Å²) in [5.74, 6) is 1.10. The zero-order valence-electron chi connectivity index (χ0n) is 19.1. The number of urea groups is 1. The molecule has 3 aromatic heterocycles. The summed E-state index contributed by atoms with van der Waals surface area (Å²) in [5, 5.41) is 21.6. The van der Waals surface area contributed by atoms with Gasteiger partial charge in [0.2, 0.25) is 0 Å². The van der Waals surface area contributed by atoms with Gasteiger partial charge in [0.05, 0.1) is 30.1 Å². The fourth-order valence-electron chi connectivity index (χ4n) is 4.63. The molecule has 0 spiro atoms. The number of hydrogen-bond donors (Lipinski definition) is 3. The Morgan fingerprint density at radius 1 is 1.21 bits per heavy atom. The zero-order chi connectivity index (χ0) is 23.7. The van der Waals surface area contributed by atoms with Crippen LogP contribution in [0.2, 0.25) is 0 Å². The molecule has 1 unspecified atom stereocenters. The van der Waals surface area contributed by atoms with E-state index in [9.17, 15) is 9.90 Å². The molecule has 2 aliphatic rings. The molecule has 1 saturated heterocycles. The maximum atomic E-state index is 13.5. The molecule has 176 valence electrons. The first-order valence-corrected chi connectivity index (χ1v) is 11.5. The Kier molecular flexibility index (Phi) is 6.12. The van der Waals surface area contributed by atoms with E-state index in [0.717, 1.165) is 47.7 Å². The van der Waals surface area contributed by atoms with Crippen LogP contribution in [0.4, 0.5) is 22.1 Å². The standard InChI is InChI=1S/C25H28N6O3/c1-16-12-18(7-10-26-16)21-4-5-22-24(28-21)31(19-8-11-30(22)14-19)25(34)29-23-13-17(6-9-27-23)2-3-20(33)15-32/h4-7,9-10,12-13,19-20,32-33H,2-3,8,11,14-15H2,1H3,(H,27,29,34)/t19-,20?/m0/s1. The molecule has 5 rings (SSSR count). The third kappa shape index (κ3) is 4.44. The highest BCUT2D eigenvalue weighted by Crippen LogP contribution is 2.40. The van der Waals surface area contributed by atoms with Crippen molar-refractivity contribution in [2.24, 2.45) is 0 Å². The Morgan fingerprint density at radius 3 is 2.88 bits per heavy atom. The number of nitrogens with one attached hydrogen (secondary N) is 1. The van der Waals surface area contributed by atoms with Crippen molar-refractivity contribution in [3.8, 4) is 11.3 Å². The Morgan fingerprint density at radius 2 is 2.06 bits per heavy atom. The lowest BCUT2D eigenvalue weighted by Crippen LogP contribution is -2.48. The molecule has 2 aliphatic heterocycles. The summed E-state index contributed by atoms with van der Waals surface area (Å²) in [6, 6.07) is 11.4. The van der Waals surface area contributed by atoms with Gasteiger partial charge < -0.3 is 15.1 Å². The molecule has 2 amide bonds. The second-order valence-electron chi connectivity index (χ2n) is 8.84. The number of hydrogen-bond acceptors (Lipinski definition) is 7. The predicted molar refractivity (Wildman–Crippen MR) is 130 cm³/mol. The molecule has 2 atom stereocenters. The average Bonchev–Trinajstić information content (AvgIpc) is 3.26. The van der Waals surface area contributed by atoms with Crippen molar-refractivity contribution >= 4 is 23.4 Å². The van der Waals surface area contributed by atoms with Crippen LogP contribution in [0, 0.1) is 6.92 Å². The van der Waals surface area contributed by atoms with Crippen molar-refractivity contribution in [2.45, 2.75) is 38.3 Å². The van der Waals surface area contributed by atoms with E-state index in [1.807, 2.05) is 37.3 Å². The average molecular weight is 461 g/mol. The van der Waals surface area contributed by atoms with Gasteiger partial charge in [-0.3, -0.25) is 15.2 Å². The number of pyridine rings is 3. The minimum absolute atomic E-state index is 0.0392. The summed E-state index contributed by atoms with van der Waals surface area (Å²) in [6.45, 7) is 3.34. The van der Waals surface area contributed by atoms with Crippen LogP contribution in [-0.4, -0.2) is 63.0 Å². The van der Waals surface area contributed by atoms with Crippen LogP contribution in [0.5, 0.6) is 0 Å². The second kappa shape index (κ2) is 9.36. The predicted octanol–water partition coefficient (Wildman–Crippen LogP) is 2.76. The van der Waals surface area contributed by atoms with E-state index in [1.165, 1.54) is 0 Å². The molecule has 2 bridgehead atoms. The van der Waals surface area contributed by atoms with Crippen molar-refractivity contribution in [1.29, 1.82) is 0 Å². The van der Waals surface area contributed by atoms with Crippen LogP contribution in [0.15, 0.2) is 48.8 Å². The molecular weight excluding hydrogens is 432 g/mol. The number of fused-ring (bicyclic) bond motifs is 4. The summed E-state index contributed by atoms with van der Waals surface area (Å²) in [7, 11) is 0. The molecule has 9 nitrogen and oxygen atoms in total. The first-order chi connectivity index (χ1) is 16.5. The topological polar surface area (TPSA) is 115 Å². The summed E-state index contributed by atoms with van der Waals surface area (Å²) in [5.41, 5.74) is 4.55. The fraction of sp³-hybridized carbons (Fsp3) is 0.360. The van der Waals surface area contributed by atoms with Crippen molar-refractivity contribution in [3.05, 3.63) is 60.0 Å². The number of aromatic nitrogens is 3. The van der Waals surface area contributed by atoms with Crippen LogP contribution in [0.25, 0.3) is 11.3 Å². The Balaban J connectivity index is 1.41. The normalized spacial score (nSPS) is 17.4. The Labute approximate surface area is 198 Å². The smallest absolute Gasteiger partial charge is 0.329 e. The number of carbonyl (C=O) groups excluding carboxylic acids is 1. The van der Waals surface area contributed by atoms with Crippen molar-refractivity contribution in [3.63, 3.8) is 0 Å². The third-order valence-corrected chi connectivity index (χ3v) is 6.40. The van der Waals surface area contributed by atoms with Crippen LogP contribution in [-0.2, 0) is 6.42 Å². The Bertz CT molecular complexity index is 1200. The van der Waals surface area contributed by atoms with E-state index in [0.29, 0.717) is 24.5 Å². The lowest BCUT2D eigenvalue weighted by Gasteiger charge is -2.35. The number of amides is 2. The van der Waals surface area contributed by atoms with Crippen LogP contribution < -0.4 is 15.1 Å². The number of aryl methyl sites for hydroxylation is 2. The first-order valence-electron chi connectivity index (χ1n) is 11.5. The third-order valence-electron chi connectivity index (χ3n) is 6.40. The van der Waals surface area contributed by atoms with Gasteiger partial charge in [0, 0.05) is 36.7 Å². The van der Waals surface area contributed by atoms with Gasteiger partial charge in [0.25, 0.3) is 0 Å². The summed E-state index contributed by atoms with van der Waals surface area (Å²) < 4.78 is 0. The molecular formula is C25H28N6O3. The van der Waals surface area contributed by atoms with E-state index < -0.39 is 6.10 Å². The molecule has 0 aromatic carbocycles. The van der Waals surface area contributed by atoms with Gasteiger partial charge >= 0.3 is 6.03 Å². The largest absolute Gasteiger partial charge is 0.394 e. The maximum Gasteiger partial charge on any atom is 0.329 e. The second-order valence-corrected chi connectivity index (χ2v) is 8.84. The number of rotatable bonds is 6. The number of aliphatic hydroxyl groups is 2. The molecule has 0 aliphatic carbocycles. The van der Waals surface area contributed by atoms with E-state index in [2.05, 4.69) is 20.2 Å². The molecule has 3 aromatic rings. The van der Waals surface area contributed by atoms with Crippen molar-refractivity contribution < 1.29 is 15.0 Å². The van der Waals surface area contributed by atoms with E-state index >= 15 is 0 Å². The first kappa shape index (κ1) is 22.2. The number of nitrogens with zero attached hydrogens (tertiary/aromatic N) is 5. The molecule has 0 radical (unpaired) electrons. The molecule has 5 heterocycles. The van der Waals surface area contributed by atoms with Crippen molar-refractivity contribution in [2.75, 3.05) is 34.8 Å². The molecule has 9 heteroatoms. The minimum atomic E-state index is -0.758. The van der Waals surface area contributed by atoms with Crippen LogP contribution in [0.3, 0.4) is 0 Å². The van der Waals surface area contributed by atoms with Gasteiger partial charge in [-0.05, 0) is 68.1 Å². The van der Waals surface area contributed by atoms with E-state index in [4.69, 9.17) is 10.1 Å². The van der Waals surface area contributed by atoms with E-state index in [1.54, 1.807) is 23.4 Å². The van der Waals surface area contributed by atoms with Gasteiger partial charge in [-0.1, -0.05) is 0 Å². The quantitative estimate of drug-likeness (QED) is 0.518. The van der Waals surface area contributed by atoms with Crippen LogP contribution >= 0.6 is 0 Å². The lowest BCUT2D eigenvalue weighted by molar-refractivity contribution is 0.0886. The van der Waals surface area contributed by atoms with Gasteiger partial charge in [-0.2, -0.15) is 0 Å². The van der Waals surface area contributed by atoms with Gasteiger partial charge in [0.1, 0.15) is 5.82 Å². The summed E-state index contributed by atoms with van der Waals surface area (Å²) in [6.07, 6.45) is 4.53. The molecule has 0 saturated carbocycles.